The number of benzene rings is 2. The van der Waals surface area contributed by atoms with Crippen LogP contribution in [-0.2, 0) is 17.6 Å². The molecule has 31 heavy (non-hydrogen) atoms. The Morgan fingerprint density at radius 2 is 1.48 bits per heavy atom. The van der Waals surface area contributed by atoms with E-state index in [-0.39, 0.29) is 24.8 Å². The van der Waals surface area contributed by atoms with Gasteiger partial charge in [0, 0.05) is 6.07 Å². The van der Waals surface area contributed by atoms with Crippen LogP contribution in [0.4, 0.5) is 0 Å². The number of carboxylic acid groups (broad SMARTS) is 1. The number of phenols is 3. The van der Waals surface area contributed by atoms with Crippen LogP contribution in [0.15, 0.2) is 36.4 Å². The Kier molecular flexibility index (Phi) is 10.9. The van der Waals surface area contributed by atoms with Gasteiger partial charge in [-0.3, -0.25) is 4.79 Å². The maximum Gasteiger partial charge on any atom is 0.306 e. The molecule has 6 heteroatoms. The number of carbonyl (C=O) groups is 1. The molecule has 172 valence electrons. The molecule has 3 rings (SSSR count). The van der Waals surface area contributed by atoms with Crippen molar-refractivity contribution in [1.29, 1.82) is 0 Å². The number of aromatic hydroxyl groups is 3. The second kappa shape index (κ2) is 12.8. The number of hydrogen-bond acceptors (Lipinski definition) is 5. The summed E-state index contributed by atoms with van der Waals surface area (Å²) in [5.41, 5.74) is 8.25. The number of hydrogen-bond donors (Lipinski definition) is 5. The molecule has 0 saturated heterocycles. The zero-order chi connectivity index (χ0) is 22.1. The molecule has 0 aliphatic heterocycles. The van der Waals surface area contributed by atoms with Crippen LogP contribution in [0.5, 0.6) is 17.2 Å². The van der Waals surface area contributed by atoms with Gasteiger partial charge in [0.25, 0.3) is 0 Å². The molecule has 0 heterocycles. The summed E-state index contributed by atoms with van der Waals surface area (Å²) in [6.07, 6.45) is 5.91. The lowest BCUT2D eigenvalue weighted by Crippen LogP contribution is -2.25. The molecule has 1 fully saturated rings. The first-order chi connectivity index (χ1) is 14.3. The fourth-order valence-electron chi connectivity index (χ4n) is 3.76. The predicted octanol–water partition coefficient (Wildman–Crippen LogP) is 4.76. The normalized spacial score (nSPS) is 17.7. The Balaban J connectivity index is 0.000000344. The van der Waals surface area contributed by atoms with Gasteiger partial charge in [-0.25, -0.2) is 0 Å². The lowest BCUT2D eigenvalue weighted by atomic mass is 9.82. The van der Waals surface area contributed by atoms with Crippen molar-refractivity contribution in [3.63, 3.8) is 0 Å². The molecule has 0 amide bonds. The third-order valence-corrected chi connectivity index (χ3v) is 5.73. The summed E-state index contributed by atoms with van der Waals surface area (Å²) >= 11 is 0. The van der Waals surface area contributed by atoms with Gasteiger partial charge in [0.2, 0.25) is 0 Å². The monoisotopic (exact) mass is 431 g/mol. The van der Waals surface area contributed by atoms with Gasteiger partial charge < -0.3 is 26.2 Å². The van der Waals surface area contributed by atoms with Gasteiger partial charge in [-0.15, -0.1) is 0 Å². The van der Waals surface area contributed by atoms with Crippen molar-refractivity contribution >= 4 is 5.97 Å². The zero-order valence-corrected chi connectivity index (χ0v) is 17.6. The second-order valence-corrected chi connectivity index (χ2v) is 8.09. The van der Waals surface area contributed by atoms with Crippen LogP contribution in [0.1, 0.15) is 56.2 Å². The number of phenolic OH excluding ortho intramolecular Hbond substituents is 3. The lowest BCUT2D eigenvalue weighted by molar-refractivity contribution is -0.143. The van der Waals surface area contributed by atoms with E-state index in [1.165, 1.54) is 6.07 Å². The molecule has 0 bridgehead atoms. The van der Waals surface area contributed by atoms with Gasteiger partial charge >= 0.3 is 5.97 Å². The van der Waals surface area contributed by atoms with Crippen molar-refractivity contribution < 1.29 is 25.2 Å². The molecule has 6 nitrogen and oxygen atoms in total. The van der Waals surface area contributed by atoms with Crippen LogP contribution in [-0.4, -0.2) is 32.9 Å². The van der Waals surface area contributed by atoms with Crippen LogP contribution in [0.3, 0.4) is 0 Å². The maximum absolute atomic E-state index is 10.5. The number of aryl methyl sites for hydroxylation is 3. The average Bonchev–Trinajstić information content (AvgIpc) is 2.71. The standard InChI is InChI=1S/C16H18O3.C8H15NO2.CH4/c1-11-5-6-12(15(18)9-11)3-2-4-13-7-8-14(17)10-16(13)19;9-5-6-1-3-7(4-2-6)8(10)11;/h5-10,17-19H,2-4H2,1H3;6-7H,1-5,9H2,(H,10,11);1H4. The first kappa shape index (κ1) is 26.3. The van der Waals surface area contributed by atoms with Crippen molar-refractivity contribution in [2.24, 2.45) is 17.6 Å². The molecule has 0 unspecified atom stereocenters. The minimum Gasteiger partial charge on any atom is -0.508 e. The molecule has 6 N–H and O–H groups in total. The first-order valence-corrected chi connectivity index (χ1v) is 10.5. The number of rotatable bonds is 6. The van der Waals surface area contributed by atoms with Crippen molar-refractivity contribution in [1.82, 2.24) is 0 Å². The van der Waals surface area contributed by atoms with Crippen LogP contribution in [0, 0.1) is 18.8 Å². The van der Waals surface area contributed by atoms with Crippen LogP contribution in [0.25, 0.3) is 0 Å². The SMILES string of the molecule is C.Cc1ccc(CCCc2ccc(O)cc2O)c(O)c1.NCC1CCC(C(=O)O)CC1. The van der Waals surface area contributed by atoms with E-state index < -0.39 is 5.97 Å². The highest BCUT2D eigenvalue weighted by molar-refractivity contribution is 5.69. The van der Waals surface area contributed by atoms with E-state index in [9.17, 15) is 20.1 Å². The van der Waals surface area contributed by atoms with Gasteiger partial charge in [0.15, 0.2) is 0 Å². The first-order valence-electron chi connectivity index (χ1n) is 10.5. The number of carboxylic acids is 1. The van der Waals surface area contributed by atoms with Crippen LogP contribution < -0.4 is 5.73 Å². The Morgan fingerprint density at radius 3 is 1.97 bits per heavy atom. The average molecular weight is 432 g/mol. The van der Waals surface area contributed by atoms with Crippen LogP contribution >= 0.6 is 0 Å². The topological polar surface area (TPSA) is 124 Å². The minimum atomic E-state index is -0.638. The molecule has 1 saturated carbocycles. The summed E-state index contributed by atoms with van der Waals surface area (Å²) in [7, 11) is 0. The summed E-state index contributed by atoms with van der Waals surface area (Å²) in [6, 6.07) is 10.3. The van der Waals surface area contributed by atoms with E-state index in [0.717, 1.165) is 55.2 Å². The van der Waals surface area contributed by atoms with Crippen molar-refractivity contribution in [3.05, 3.63) is 53.1 Å². The molecule has 0 aromatic heterocycles. The van der Waals surface area contributed by atoms with E-state index in [0.29, 0.717) is 24.6 Å². The summed E-state index contributed by atoms with van der Waals surface area (Å²) < 4.78 is 0. The van der Waals surface area contributed by atoms with Gasteiger partial charge in [-0.1, -0.05) is 25.6 Å². The van der Waals surface area contributed by atoms with Crippen LogP contribution in [0.2, 0.25) is 0 Å². The Bertz CT molecular complexity index is 777. The van der Waals surface area contributed by atoms with Gasteiger partial charge in [0.1, 0.15) is 17.2 Å². The van der Waals surface area contributed by atoms with Crippen molar-refractivity contribution in [2.75, 3.05) is 6.54 Å². The van der Waals surface area contributed by atoms with E-state index in [1.54, 1.807) is 18.2 Å². The van der Waals surface area contributed by atoms with Gasteiger partial charge in [-0.05, 0) is 93.2 Å². The summed E-state index contributed by atoms with van der Waals surface area (Å²) in [5, 5.41) is 37.3. The molecule has 2 aromatic carbocycles. The highest BCUT2D eigenvalue weighted by Crippen LogP contribution is 2.28. The maximum atomic E-state index is 10.5. The molecule has 1 aliphatic rings. The minimum absolute atomic E-state index is 0. The summed E-state index contributed by atoms with van der Waals surface area (Å²) in [6.45, 7) is 2.66. The Hall–Kier alpha value is -2.73. The van der Waals surface area contributed by atoms with Gasteiger partial charge in [0.05, 0.1) is 5.92 Å². The van der Waals surface area contributed by atoms with Crippen molar-refractivity contribution in [3.8, 4) is 17.2 Å². The third kappa shape index (κ3) is 8.50. The van der Waals surface area contributed by atoms with E-state index in [2.05, 4.69) is 0 Å². The second-order valence-electron chi connectivity index (χ2n) is 8.09. The molecule has 0 atom stereocenters. The smallest absolute Gasteiger partial charge is 0.306 e. The molecule has 0 radical (unpaired) electrons. The van der Waals surface area contributed by atoms with E-state index in [4.69, 9.17) is 10.8 Å². The fourth-order valence-corrected chi connectivity index (χ4v) is 3.76. The molecular weight excluding hydrogens is 394 g/mol. The predicted molar refractivity (Wildman–Crippen MR) is 124 cm³/mol. The van der Waals surface area contributed by atoms with E-state index in [1.807, 2.05) is 19.1 Å². The summed E-state index contributed by atoms with van der Waals surface area (Å²) in [4.78, 5) is 10.5. The largest absolute Gasteiger partial charge is 0.508 e. The quantitative estimate of drug-likeness (QED) is 0.449. The molecule has 1 aliphatic carbocycles. The molecule has 0 spiro atoms. The number of aliphatic carboxylic acids is 1. The lowest BCUT2D eigenvalue weighted by Gasteiger charge is -2.24. The third-order valence-electron chi connectivity index (χ3n) is 5.73. The number of nitrogens with two attached hydrogens (primary N) is 1. The summed E-state index contributed by atoms with van der Waals surface area (Å²) in [5.74, 6) is 0.351. The Morgan fingerprint density at radius 1 is 0.935 bits per heavy atom. The Labute approximate surface area is 185 Å². The zero-order valence-electron chi connectivity index (χ0n) is 17.6. The van der Waals surface area contributed by atoms with E-state index >= 15 is 0 Å². The highest BCUT2D eigenvalue weighted by Gasteiger charge is 2.24. The highest BCUT2D eigenvalue weighted by atomic mass is 16.4. The molecular formula is C25H37NO5. The molecule has 2 aromatic rings. The fraction of sp³-hybridized carbons (Fsp3) is 0.480. The van der Waals surface area contributed by atoms with Gasteiger partial charge in [-0.2, -0.15) is 0 Å². The van der Waals surface area contributed by atoms with Crippen molar-refractivity contribution in [2.45, 2.75) is 59.3 Å².